The Hall–Kier alpha value is -1.21. The zero-order valence-electron chi connectivity index (χ0n) is 9.68. The van der Waals surface area contributed by atoms with Gasteiger partial charge >= 0.3 is 0 Å². The highest BCUT2D eigenvalue weighted by Crippen LogP contribution is 2.13. The van der Waals surface area contributed by atoms with Crippen molar-refractivity contribution in [2.24, 2.45) is 0 Å². The van der Waals surface area contributed by atoms with Crippen LogP contribution >= 0.6 is 27.5 Å². The molecule has 0 spiro atoms. The fraction of sp³-hybridized carbons (Fsp3) is 0.400. The summed E-state index contributed by atoms with van der Waals surface area (Å²) >= 11 is 8.86. The minimum Gasteiger partial charge on any atom is -0.290 e. The smallest absolute Gasteiger partial charge is 0.269 e. The average molecular weight is 333 g/mol. The first-order chi connectivity index (χ1) is 8.63. The largest absolute Gasteiger partial charge is 0.290 e. The number of hydrogen-bond donors (Lipinski definition) is 0. The van der Waals surface area contributed by atoms with Gasteiger partial charge in [-0.3, -0.25) is 9.36 Å². The van der Waals surface area contributed by atoms with Gasteiger partial charge in [-0.25, -0.2) is 14.6 Å². The second-order valence-corrected chi connectivity index (χ2v) is 4.83. The van der Waals surface area contributed by atoms with Crippen molar-refractivity contribution < 1.29 is 0 Å². The standard InChI is InChI=1S/C10H11BrClN5O/c1-2-3-17-7(13-5-15-17)4-16-6-14-9(12)8(11)10(16)18/h5-6H,2-4H2,1H3. The predicted molar refractivity (Wildman–Crippen MR) is 70.6 cm³/mol. The molecule has 8 heteroatoms. The number of rotatable bonds is 4. The van der Waals surface area contributed by atoms with Gasteiger partial charge in [-0.1, -0.05) is 18.5 Å². The molecule has 0 fully saturated rings. The lowest BCUT2D eigenvalue weighted by molar-refractivity contribution is 0.548. The number of hydrogen-bond acceptors (Lipinski definition) is 4. The molecule has 0 aromatic carbocycles. The summed E-state index contributed by atoms with van der Waals surface area (Å²) in [6.45, 7) is 3.14. The molecule has 2 aromatic heterocycles. The van der Waals surface area contributed by atoms with E-state index in [9.17, 15) is 4.79 Å². The Labute approximate surface area is 117 Å². The molecule has 2 aromatic rings. The first-order valence-electron chi connectivity index (χ1n) is 5.40. The molecule has 0 aliphatic rings. The summed E-state index contributed by atoms with van der Waals surface area (Å²) in [5.74, 6) is 0.718. The van der Waals surface area contributed by atoms with E-state index in [1.54, 1.807) is 4.68 Å². The number of aryl methyl sites for hydroxylation is 1. The topological polar surface area (TPSA) is 65.6 Å². The van der Waals surface area contributed by atoms with Crippen LogP contribution in [-0.4, -0.2) is 24.3 Å². The maximum absolute atomic E-state index is 11.9. The van der Waals surface area contributed by atoms with Gasteiger partial charge in [0.1, 0.15) is 16.6 Å². The maximum atomic E-state index is 11.9. The summed E-state index contributed by atoms with van der Waals surface area (Å²) in [5, 5.41) is 4.26. The molecule has 0 bridgehead atoms. The van der Waals surface area contributed by atoms with Crippen molar-refractivity contribution in [2.75, 3.05) is 0 Å². The van der Waals surface area contributed by atoms with E-state index in [0.29, 0.717) is 6.54 Å². The first-order valence-corrected chi connectivity index (χ1v) is 6.57. The maximum Gasteiger partial charge on any atom is 0.269 e. The van der Waals surface area contributed by atoms with E-state index in [1.807, 2.05) is 0 Å². The summed E-state index contributed by atoms with van der Waals surface area (Å²) < 4.78 is 3.47. The summed E-state index contributed by atoms with van der Waals surface area (Å²) in [7, 11) is 0. The van der Waals surface area contributed by atoms with Crippen molar-refractivity contribution in [1.82, 2.24) is 24.3 Å². The van der Waals surface area contributed by atoms with Crippen molar-refractivity contribution >= 4 is 27.5 Å². The molecule has 96 valence electrons. The van der Waals surface area contributed by atoms with Crippen molar-refractivity contribution in [3.8, 4) is 0 Å². The van der Waals surface area contributed by atoms with Gasteiger partial charge < -0.3 is 0 Å². The van der Waals surface area contributed by atoms with Crippen LogP contribution in [0, 0.1) is 0 Å². The molecule has 18 heavy (non-hydrogen) atoms. The third-order valence-electron chi connectivity index (χ3n) is 2.38. The van der Waals surface area contributed by atoms with Crippen molar-refractivity contribution in [3.05, 3.63) is 38.5 Å². The van der Waals surface area contributed by atoms with E-state index < -0.39 is 0 Å². The Bertz CT molecular complexity index is 609. The molecule has 2 heterocycles. The van der Waals surface area contributed by atoms with Gasteiger partial charge in [0.2, 0.25) is 0 Å². The van der Waals surface area contributed by atoms with Gasteiger partial charge in [0, 0.05) is 6.54 Å². The van der Waals surface area contributed by atoms with Crippen LogP contribution in [0.1, 0.15) is 19.2 Å². The van der Waals surface area contributed by atoms with E-state index in [1.165, 1.54) is 17.2 Å². The fourth-order valence-electron chi connectivity index (χ4n) is 1.52. The van der Waals surface area contributed by atoms with Gasteiger partial charge in [0.25, 0.3) is 5.56 Å². The second-order valence-electron chi connectivity index (χ2n) is 3.68. The minimum atomic E-state index is -0.235. The van der Waals surface area contributed by atoms with Crippen LogP contribution in [0.2, 0.25) is 5.15 Å². The normalized spacial score (nSPS) is 10.8. The van der Waals surface area contributed by atoms with Crippen LogP contribution in [0.3, 0.4) is 0 Å². The van der Waals surface area contributed by atoms with E-state index >= 15 is 0 Å². The quantitative estimate of drug-likeness (QED) is 0.800. The molecular formula is C10H11BrClN5O. The third-order valence-corrected chi connectivity index (χ3v) is 3.61. The van der Waals surface area contributed by atoms with Crippen molar-refractivity contribution in [3.63, 3.8) is 0 Å². The highest BCUT2D eigenvalue weighted by Gasteiger charge is 2.10. The molecule has 0 N–H and O–H groups in total. The highest BCUT2D eigenvalue weighted by atomic mass is 79.9. The molecule has 0 aliphatic carbocycles. The molecule has 0 amide bonds. The molecule has 0 saturated carbocycles. The molecule has 0 atom stereocenters. The van der Waals surface area contributed by atoms with Gasteiger partial charge in [0.05, 0.1) is 12.9 Å². The summed E-state index contributed by atoms with van der Waals surface area (Å²) in [6.07, 6.45) is 3.84. The van der Waals surface area contributed by atoms with Crippen LogP contribution < -0.4 is 5.56 Å². The van der Waals surface area contributed by atoms with E-state index in [-0.39, 0.29) is 15.2 Å². The third kappa shape index (κ3) is 2.62. The number of halogens is 2. The fourth-order valence-corrected chi connectivity index (χ4v) is 1.97. The highest BCUT2D eigenvalue weighted by molar-refractivity contribution is 9.10. The molecule has 0 radical (unpaired) electrons. The van der Waals surface area contributed by atoms with Crippen LogP contribution in [0.25, 0.3) is 0 Å². The van der Waals surface area contributed by atoms with Gasteiger partial charge in [-0.2, -0.15) is 5.10 Å². The minimum absolute atomic E-state index is 0.159. The van der Waals surface area contributed by atoms with Gasteiger partial charge in [-0.05, 0) is 22.4 Å². The zero-order valence-corrected chi connectivity index (χ0v) is 12.0. The van der Waals surface area contributed by atoms with E-state index in [4.69, 9.17) is 11.6 Å². The Morgan fingerprint density at radius 3 is 2.94 bits per heavy atom. The molecule has 2 rings (SSSR count). The van der Waals surface area contributed by atoms with Crippen LogP contribution in [0.4, 0.5) is 0 Å². The Morgan fingerprint density at radius 2 is 2.22 bits per heavy atom. The summed E-state index contributed by atoms with van der Waals surface area (Å²) in [5.41, 5.74) is -0.235. The lowest BCUT2D eigenvalue weighted by Gasteiger charge is -2.07. The monoisotopic (exact) mass is 331 g/mol. The lowest BCUT2D eigenvalue weighted by Crippen LogP contribution is -2.23. The second kappa shape index (κ2) is 5.62. The molecule has 0 aliphatic heterocycles. The summed E-state index contributed by atoms with van der Waals surface area (Å²) in [6, 6.07) is 0. The van der Waals surface area contributed by atoms with Crippen molar-refractivity contribution in [1.29, 1.82) is 0 Å². The van der Waals surface area contributed by atoms with Crippen LogP contribution in [0.15, 0.2) is 21.9 Å². The molecular weight excluding hydrogens is 322 g/mol. The lowest BCUT2D eigenvalue weighted by atomic mass is 10.4. The van der Waals surface area contributed by atoms with Crippen LogP contribution in [0.5, 0.6) is 0 Å². The predicted octanol–water partition coefficient (Wildman–Crippen LogP) is 1.71. The molecule has 0 unspecified atom stereocenters. The molecule has 6 nitrogen and oxygen atoms in total. The number of nitrogens with zero attached hydrogens (tertiary/aromatic N) is 5. The Balaban J connectivity index is 2.32. The SMILES string of the molecule is CCCn1ncnc1Cn1cnc(Cl)c(Br)c1=O. The van der Waals surface area contributed by atoms with E-state index in [2.05, 4.69) is 37.9 Å². The van der Waals surface area contributed by atoms with E-state index in [0.717, 1.165) is 18.8 Å². The Kier molecular flexibility index (Phi) is 4.13. The average Bonchev–Trinajstić information content (AvgIpc) is 2.78. The van der Waals surface area contributed by atoms with Gasteiger partial charge in [0.15, 0.2) is 5.15 Å². The van der Waals surface area contributed by atoms with Gasteiger partial charge in [-0.15, -0.1) is 0 Å². The van der Waals surface area contributed by atoms with Crippen LogP contribution in [-0.2, 0) is 13.1 Å². The molecule has 0 saturated heterocycles. The van der Waals surface area contributed by atoms with Crippen molar-refractivity contribution in [2.45, 2.75) is 26.4 Å². The number of aromatic nitrogens is 5. The zero-order chi connectivity index (χ0) is 13.1. The summed E-state index contributed by atoms with van der Waals surface area (Å²) in [4.78, 5) is 20.0. The Morgan fingerprint density at radius 1 is 1.44 bits per heavy atom. The first kappa shape index (κ1) is 13.2.